The van der Waals surface area contributed by atoms with Crippen LogP contribution in [0.15, 0.2) is 24.3 Å². The molecule has 1 saturated heterocycles. The lowest BCUT2D eigenvalue weighted by Crippen LogP contribution is -2.31. The van der Waals surface area contributed by atoms with Crippen molar-refractivity contribution in [2.24, 2.45) is 0 Å². The van der Waals surface area contributed by atoms with Crippen molar-refractivity contribution < 1.29 is 9.84 Å². The van der Waals surface area contributed by atoms with E-state index in [1.54, 1.807) is 6.07 Å². The van der Waals surface area contributed by atoms with Crippen molar-refractivity contribution in [1.29, 1.82) is 0 Å². The van der Waals surface area contributed by atoms with Crippen LogP contribution in [0.3, 0.4) is 0 Å². The van der Waals surface area contributed by atoms with Crippen LogP contribution in [0.25, 0.3) is 0 Å². The van der Waals surface area contributed by atoms with Gasteiger partial charge < -0.3 is 15.2 Å². The van der Waals surface area contributed by atoms with Crippen LogP contribution in [-0.4, -0.2) is 30.9 Å². The second-order valence-corrected chi connectivity index (χ2v) is 4.73. The van der Waals surface area contributed by atoms with Crippen molar-refractivity contribution >= 4 is 0 Å². The van der Waals surface area contributed by atoms with E-state index in [2.05, 4.69) is 11.4 Å². The lowest BCUT2D eigenvalue weighted by atomic mass is 9.99. The number of phenolic OH excluding ortho intramolecular Hbond substituents is 1. The predicted octanol–water partition coefficient (Wildman–Crippen LogP) is 2.09. The molecular formula is C14H21NO2. The number of aromatic hydroxyl groups is 1. The van der Waals surface area contributed by atoms with E-state index in [0.29, 0.717) is 17.9 Å². The molecule has 94 valence electrons. The summed E-state index contributed by atoms with van der Waals surface area (Å²) in [5, 5.41) is 12.8. The van der Waals surface area contributed by atoms with Gasteiger partial charge in [-0.15, -0.1) is 0 Å². The maximum Gasteiger partial charge on any atom is 0.115 e. The number of ether oxygens (including phenoxy) is 1. The van der Waals surface area contributed by atoms with E-state index < -0.39 is 0 Å². The summed E-state index contributed by atoms with van der Waals surface area (Å²) < 4.78 is 5.66. The van der Waals surface area contributed by atoms with Crippen molar-refractivity contribution in [1.82, 2.24) is 5.32 Å². The first kappa shape index (κ1) is 12.4. The number of hydrogen-bond donors (Lipinski definition) is 2. The third kappa shape index (κ3) is 3.72. The summed E-state index contributed by atoms with van der Waals surface area (Å²) in [7, 11) is 1.99. The second-order valence-electron chi connectivity index (χ2n) is 4.73. The molecule has 1 aliphatic heterocycles. The van der Waals surface area contributed by atoms with E-state index in [9.17, 15) is 5.11 Å². The molecule has 0 radical (unpaired) electrons. The van der Waals surface area contributed by atoms with E-state index in [-0.39, 0.29) is 0 Å². The van der Waals surface area contributed by atoms with Gasteiger partial charge in [0.05, 0.1) is 6.10 Å². The van der Waals surface area contributed by atoms with Crippen LogP contribution >= 0.6 is 0 Å². The van der Waals surface area contributed by atoms with Crippen LogP contribution in [0.1, 0.15) is 24.8 Å². The molecule has 2 rings (SSSR count). The van der Waals surface area contributed by atoms with Crippen LogP contribution in [0, 0.1) is 0 Å². The largest absolute Gasteiger partial charge is 0.508 e. The lowest BCUT2D eigenvalue weighted by Gasteiger charge is -2.20. The summed E-state index contributed by atoms with van der Waals surface area (Å²) >= 11 is 0. The van der Waals surface area contributed by atoms with Gasteiger partial charge >= 0.3 is 0 Å². The number of hydrogen-bond acceptors (Lipinski definition) is 3. The molecule has 2 N–H and O–H groups in total. The minimum Gasteiger partial charge on any atom is -0.508 e. The molecular weight excluding hydrogens is 214 g/mol. The summed E-state index contributed by atoms with van der Waals surface area (Å²) in [5.41, 5.74) is 1.17. The average Bonchev–Trinajstić information content (AvgIpc) is 2.81. The molecule has 0 aromatic heterocycles. The number of phenols is 1. The van der Waals surface area contributed by atoms with Crippen molar-refractivity contribution in [3.05, 3.63) is 29.8 Å². The van der Waals surface area contributed by atoms with Crippen LogP contribution < -0.4 is 5.32 Å². The first-order valence-corrected chi connectivity index (χ1v) is 6.34. The van der Waals surface area contributed by atoms with E-state index >= 15 is 0 Å². The molecule has 0 amide bonds. The summed E-state index contributed by atoms with van der Waals surface area (Å²) in [6.45, 7) is 0.910. The molecule has 0 saturated carbocycles. The molecule has 1 aliphatic rings. The smallest absolute Gasteiger partial charge is 0.115 e. The van der Waals surface area contributed by atoms with Gasteiger partial charge in [0.2, 0.25) is 0 Å². The monoisotopic (exact) mass is 235 g/mol. The Kier molecular flexibility index (Phi) is 4.40. The van der Waals surface area contributed by atoms with Gasteiger partial charge in [-0.2, -0.15) is 0 Å². The Morgan fingerprint density at radius 3 is 3.06 bits per heavy atom. The third-order valence-electron chi connectivity index (χ3n) is 3.37. The van der Waals surface area contributed by atoms with E-state index in [1.165, 1.54) is 18.4 Å². The highest BCUT2D eigenvalue weighted by atomic mass is 16.5. The predicted molar refractivity (Wildman–Crippen MR) is 68.2 cm³/mol. The van der Waals surface area contributed by atoms with Crippen molar-refractivity contribution in [3.8, 4) is 5.75 Å². The molecule has 0 bridgehead atoms. The minimum absolute atomic E-state index is 0.342. The van der Waals surface area contributed by atoms with Crippen LogP contribution in [0.5, 0.6) is 5.75 Å². The molecule has 1 heterocycles. The zero-order valence-electron chi connectivity index (χ0n) is 10.4. The van der Waals surface area contributed by atoms with Gasteiger partial charge in [0.1, 0.15) is 5.75 Å². The molecule has 17 heavy (non-hydrogen) atoms. The van der Waals surface area contributed by atoms with Gasteiger partial charge in [0.25, 0.3) is 0 Å². The zero-order chi connectivity index (χ0) is 12.1. The van der Waals surface area contributed by atoms with Crippen molar-refractivity contribution in [2.45, 2.75) is 37.8 Å². The van der Waals surface area contributed by atoms with Gasteiger partial charge in [-0.3, -0.25) is 0 Å². The van der Waals surface area contributed by atoms with E-state index in [0.717, 1.165) is 19.4 Å². The Hall–Kier alpha value is -1.06. The van der Waals surface area contributed by atoms with Gasteiger partial charge in [-0.25, -0.2) is 0 Å². The van der Waals surface area contributed by atoms with E-state index in [1.807, 2.05) is 19.2 Å². The first-order valence-electron chi connectivity index (χ1n) is 6.34. The van der Waals surface area contributed by atoms with Crippen LogP contribution in [0.2, 0.25) is 0 Å². The molecule has 3 heteroatoms. The Balaban J connectivity index is 1.90. The molecule has 2 unspecified atom stereocenters. The fourth-order valence-electron chi connectivity index (χ4n) is 2.42. The van der Waals surface area contributed by atoms with Crippen LogP contribution in [0.4, 0.5) is 0 Å². The topological polar surface area (TPSA) is 41.5 Å². The van der Waals surface area contributed by atoms with Gasteiger partial charge in [-0.1, -0.05) is 12.1 Å². The van der Waals surface area contributed by atoms with E-state index in [4.69, 9.17) is 4.74 Å². The maximum absolute atomic E-state index is 9.44. The molecule has 3 nitrogen and oxygen atoms in total. The molecule has 0 aliphatic carbocycles. The normalized spacial score (nSPS) is 21.6. The van der Waals surface area contributed by atoms with Gasteiger partial charge in [0.15, 0.2) is 0 Å². The summed E-state index contributed by atoms with van der Waals surface area (Å²) in [4.78, 5) is 0. The Morgan fingerprint density at radius 2 is 2.41 bits per heavy atom. The number of nitrogens with one attached hydrogen (secondary N) is 1. The standard InChI is InChI=1S/C14H21NO2/c1-15-12(10-14-6-3-7-17-14)8-11-4-2-5-13(16)9-11/h2,4-5,9,12,14-16H,3,6-8,10H2,1H3. The zero-order valence-corrected chi connectivity index (χ0v) is 10.4. The van der Waals surface area contributed by atoms with Gasteiger partial charge in [-0.05, 0) is 50.4 Å². The highest BCUT2D eigenvalue weighted by Crippen LogP contribution is 2.19. The highest BCUT2D eigenvalue weighted by Gasteiger charge is 2.20. The molecule has 1 aromatic rings. The summed E-state index contributed by atoms with van der Waals surface area (Å²) in [5.74, 6) is 0.342. The summed E-state index contributed by atoms with van der Waals surface area (Å²) in [6, 6.07) is 7.90. The molecule has 1 aromatic carbocycles. The minimum atomic E-state index is 0.342. The number of benzene rings is 1. The molecule has 1 fully saturated rings. The SMILES string of the molecule is CNC(Cc1cccc(O)c1)CC1CCCO1. The fraction of sp³-hybridized carbons (Fsp3) is 0.571. The Morgan fingerprint density at radius 1 is 1.53 bits per heavy atom. The number of rotatable bonds is 5. The van der Waals surface area contributed by atoms with Crippen molar-refractivity contribution in [2.75, 3.05) is 13.7 Å². The third-order valence-corrected chi connectivity index (χ3v) is 3.37. The van der Waals surface area contributed by atoms with Crippen molar-refractivity contribution in [3.63, 3.8) is 0 Å². The quantitative estimate of drug-likeness (QED) is 0.821. The summed E-state index contributed by atoms with van der Waals surface area (Å²) in [6.07, 6.45) is 4.76. The number of likely N-dealkylation sites (N-methyl/N-ethyl adjacent to an activating group) is 1. The first-order chi connectivity index (χ1) is 8.28. The maximum atomic E-state index is 9.44. The Labute approximate surface area is 103 Å². The molecule has 0 spiro atoms. The fourth-order valence-corrected chi connectivity index (χ4v) is 2.42. The van der Waals surface area contributed by atoms with Crippen LogP contribution in [-0.2, 0) is 11.2 Å². The second kappa shape index (κ2) is 6.03. The van der Waals surface area contributed by atoms with Gasteiger partial charge in [0, 0.05) is 12.6 Å². The lowest BCUT2D eigenvalue weighted by molar-refractivity contribution is 0.0954. The average molecular weight is 235 g/mol. The molecule has 2 atom stereocenters. The highest BCUT2D eigenvalue weighted by molar-refractivity contribution is 5.27. The Bertz CT molecular complexity index is 348.